The van der Waals surface area contributed by atoms with Gasteiger partial charge in [-0.25, -0.2) is 8.42 Å². The molecule has 2 atom stereocenters. The number of esters is 1. The third kappa shape index (κ3) is 7.12. The summed E-state index contributed by atoms with van der Waals surface area (Å²) in [7, 11) is -1.01. The van der Waals surface area contributed by atoms with E-state index in [9.17, 15) is 18.0 Å². The highest BCUT2D eigenvalue weighted by Crippen LogP contribution is 2.07. The van der Waals surface area contributed by atoms with Gasteiger partial charge in [0.15, 0.2) is 9.84 Å². The molecule has 7 nitrogen and oxygen atoms in total. The minimum atomic E-state index is -3.68. The van der Waals surface area contributed by atoms with Crippen LogP contribution in [0.3, 0.4) is 0 Å². The zero-order valence-electron chi connectivity index (χ0n) is 11.6. The van der Waals surface area contributed by atoms with Gasteiger partial charge in [-0.15, -0.1) is 0 Å². The van der Waals surface area contributed by atoms with Crippen LogP contribution < -0.4 is 5.32 Å². The minimum Gasteiger partial charge on any atom is -0.469 e. The van der Waals surface area contributed by atoms with Gasteiger partial charge in [-0.2, -0.15) is 0 Å². The summed E-state index contributed by atoms with van der Waals surface area (Å²) in [6.07, 6.45) is -0.264. The molecule has 1 N–H and O–H groups in total. The summed E-state index contributed by atoms with van der Waals surface area (Å²) in [6.45, 7) is 3.37. The molecule has 0 fully saturated rings. The van der Waals surface area contributed by atoms with Gasteiger partial charge < -0.3 is 14.8 Å². The molecule has 19 heavy (non-hydrogen) atoms. The van der Waals surface area contributed by atoms with E-state index in [0.29, 0.717) is 6.61 Å². The molecule has 0 heterocycles. The van der Waals surface area contributed by atoms with E-state index in [1.165, 1.54) is 21.1 Å². The lowest BCUT2D eigenvalue weighted by Crippen LogP contribution is -2.41. The maximum absolute atomic E-state index is 11.8. The summed E-state index contributed by atoms with van der Waals surface area (Å²) >= 11 is 0. The molecule has 0 aromatic rings. The lowest BCUT2D eigenvalue weighted by Gasteiger charge is -2.15. The van der Waals surface area contributed by atoms with Crippen LogP contribution >= 0.6 is 0 Å². The third-order valence-corrected chi connectivity index (χ3v) is 4.51. The molecule has 0 aliphatic carbocycles. The largest absolute Gasteiger partial charge is 0.469 e. The van der Waals surface area contributed by atoms with Crippen molar-refractivity contribution in [2.45, 2.75) is 31.6 Å². The molecule has 0 saturated heterocycles. The second kappa shape index (κ2) is 8.11. The smallest absolute Gasteiger partial charge is 0.306 e. The molecular formula is C11H21NO6S. The molecule has 0 aliphatic rings. The van der Waals surface area contributed by atoms with E-state index in [0.717, 1.165) is 0 Å². The molecule has 0 aliphatic heterocycles. The summed E-state index contributed by atoms with van der Waals surface area (Å²) in [5.74, 6) is -1.88. The molecule has 2 unspecified atom stereocenters. The van der Waals surface area contributed by atoms with Gasteiger partial charge in [-0.05, 0) is 13.8 Å². The van der Waals surface area contributed by atoms with Crippen LogP contribution in [0.25, 0.3) is 0 Å². The number of carbonyl (C=O) groups is 2. The number of sulfone groups is 1. The fourth-order valence-electron chi connectivity index (χ4n) is 1.38. The zero-order valence-corrected chi connectivity index (χ0v) is 12.5. The molecule has 0 rings (SSSR count). The van der Waals surface area contributed by atoms with Crippen LogP contribution in [0, 0.1) is 0 Å². The normalized spacial score (nSPS) is 14.5. The average molecular weight is 295 g/mol. The van der Waals surface area contributed by atoms with E-state index in [1.54, 1.807) is 6.92 Å². The van der Waals surface area contributed by atoms with Crippen LogP contribution in [0.4, 0.5) is 0 Å². The van der Waals surface area contributed by atoms with Gasteiger partial charge in [0, 0.05) is 13.2 Å². The molecule has 0 spiro atoms. The number of amides is 1. The van der Waals surface area contributed by atoms with Gasteiger partial charge in [0.1, 0.15) is 5.75 Å². The van der Waals surface area contributed by atoms with Crippen molar-refractivity contribution in [3.8, 4) is 0 Å². The number of methoxy groups -OCH3 is 2. The molecule has 8 heteroatoms. The van der Waals surface area contributed by atoms with Crippen molar-refractivity contribution in [3.63, 3.8) is 0 Å². The fourth-order valence-corrected chi connectivity index (χ4v) is 2.50. The zero-order chi connectivity index (χ0) is 15.1. The number of carbonyl (C=O) groups excluding carboxylic acids is 2. The maximum Gasteiger partial charge on any atom is 0.306 e. The van der Waals surface area contributed by atoms with Gasteiger partial charge in [0.25, 0.3) is 0 Å². The predicted octanol–water partition coefficient (Wildman–Crippen LogP) is -0.496. The van der Waals surface area contributed by atoms with Crippen molar-refractivity contribution in [1.82, 2.24) is 5.32 Å². The summed E-state index contributed by atoms with van der Waals surface area (Å²) in [5, 5.41) is 1.54. The SMILES string of the molecule is COCC(C)NC(=O)CS(=O)(=O)C(C)CC(=O)OC. The van der Waals surface area contributed by atoms with Crippen LogP contribution in [0.1, 0.15) is 20.3 Å². The predicted molar refractivity (Wildman–Crippen MR) is 69.4 cm³/mol. The lowest BCUT2D eigenvalue weighted by atomic mass is 10.3. The van der Waals surface area contributed by atoms with E-state index < -0.39 is 32.7 Å². The summed E-state index contributed by atoms with van der Waals surface area (Å²) in [6, 6.07) is -0.274. The lowest BCUT2D eigenvalue weighted by molar-refractivity contribution is -0.140. The minimum absolute atomic E-state index is 0.264. The third-order valence-electron chi connectivity index (χ3n) is 2.45. The van der Waals surface area contributed by atoms with Gasteiger partial charge in [-0.3, -0.25) is 9.59 Å². The molecule has 0 aromatic heterocycles. The second-order valence-electron chi connectivity index (χ2n) is 4.32. The highest BCUT2D eigenvalue weighted by Gasteiger charge is 2.27. The first-order chi connectivity index (χ1) is 8.72. The van der Waals surface area contributed by atoms with Crippen molar-refractivity contribution in [2.75, 3.05) is 26.6 Å². The summed E-state index contributed by atoms with van der Waals surface area (Å²) in [5.41, 5.74) is 0. The highest BCUT2D eigenvalue weighted by atomic mass is 32.2. The number of rotatable bonds is 8. The Labute approximate surface area is 113 Å². The molecule has 1 amide bonds. The van der Waals surface area contributed by atoms with Crippen molar-refractivity contribution < 1.29 is 27.5 Å². The molecule has 112 valence electrons. The second-order valence-corrected chi connectivity index (χ2v) is 6.74. The van der Waals surface area contributed by atoms with Crippen LogP contribution in [0.2, 0.25) is 0 Å². The standard InChI is InChI=1S/C11H21NO6S/c1-8(6-17-3)12-10(13)7-19(15,16)9(2)5-11(14)18-4/h8-9H,5-7H2,1-4H3,(H,12,13). The number of hydrogen-bond donors (Lipinski definition) is 1. The van der Waals surface area contributed by atoms with Gasteiger partial charge in [-0.1, -0.05) is 0 Å². The van der Waals surface area contributed by atoms with Crippen molar-refractivity contribution in [1.29, 1.82) is 0 Å². The van der Waals surface area contributed by atoms with Crippen LogP contribution in [0.5, 0.6) is 0 Å². The van der Waals surface area contributed by atoms with Crippen molar-refractivity contribution in [2.24, 2.45) is 0 Å². The van der Waals surface area contributed by atoms with E-state index in [2.05, 4.69) is 10.1 Å². The van der Waals surface area contributed by atoms with E-state index in [1.807, 2.05) is 0 Å². The Bertz CT molecular complexity index is 405. The highest BCUT2D eigenvalue weighted by molar-refractivity contribution is 7.92. The molecule has 0 radical (unpaired) electrons. The van der Waals surface area contributed by atoms with E-state index in [-0.39, 0.29) is 12.5 Å². The Morgan fingerprint density at radius 3 is 2.26 bits per heavy atom. The first-order valence-electron chi connectivity index (χ1n) is 5.79. The monoisotopic (exact) mass is 295 g/mol. The molecule has 0 aromatic carbocycles. The Balaban J connectivity index is 4.43. The van der Waals surface area contributed by atoms with Crippen LogP contribution in [0.15, 0.2) is 0 Å². The molecular weight excluding hydrogens is 274 g/mol. The topological polar surface area (TPSA) is 98.8 Å². The Kier molecular flexibility index (Phi) is 7.62. The Hall–Kier alpha value is -1.15. The van der Waals surface area contributed by atoms with E-state index in [4.69, 9.17) is 4.74 Å². The molecule has 0 bridgehead atoms. The number of hydrogen-bond acceptors (Lipinski definition) is 6. The Morgan fingerprint density at radius 2 is 1.79 bits per heavy atom. The maximum atomic E-state index is 11.8. The van der Waals surface area contributed by atoms with Crippen LogP contribution in [-0.4, -0.2) is 58.2 Å². The average Bonchev–Trinajstić information content (AvgIpc) is 2.27. The van der Waals surface area contributed by atoms with Gasteiger partial charge in [0.05, 0.1) is 25.4 Å². The van der Waals surface area contributed by atoms with Gasteiger partial charge >= 0.3 is 5.97 Å². The first-order valence-corrected chi connectivity index (χ1v) is 7.51. The van der Waals surface area contributed by atoms with Crippen molar-refractivity contribution in [3.05, 3.63) is 0 Å². The van der Waals surface area contributed by atoms with Gasteiger partial charge in [0.2, 0.25) is 5.91 Å². The van der Waals surface area contributed by atoms with Crippen molar-refractivity contribution >= 4 is 21.7 Å². The van der Waals surface area contributed by atoms with E-state index >= 15 is 0 Å². The first kappa shape index (κ1) is 17.8. The molecule has 0 saturated carbocycles. The quantitative estimate of drug-likeness (QED) is 0.606. The summed E-state index contributed by atoms with van der Waals surface area (Å²) < 4.78 is 32.9. The number of ether oxygens (including phenoxy) is 2. The number of nitrogens with one attached hydrogen (secondary N) is 1. The Morgan fingerprint density at radius 1 is 1.21 bits per heavy atom. The summed E-state index contributed by atoms with van der Waals surface area (Å²) in [4.78, 5) is 22.6. The fraction of sp³-hybridized carbons (Fsp3) is 0.818. The van der Waals surface area contributed by atoms with Crippen LogP contribution in [-0.2, 0) is 28.9 Å².